The molecule has 0 aromatic heterocycles. The normalized spacial score (nSPS) is 23.9. The highest BCUT2D eigenvalue weighted by molar-refractivity contribution is 7.86. The molecule has 0 amide bonds. The third-order valence-electron chi connectivity index (χ3n) is 2.88. The van der Waals surface area contributed by atoms with Gasteiger partial charge >= 0.3 is 0 Å². The van der Waals surface area contributed by atoms with Gasteiger partial charge in [-0.2, -0.15) is 17.0 Å². The van der Waals surface area contributed by atoms with Crippen molar-refractivity contribution < 1.29 is 8.42 Å². The molecule has 1 aliphatic heterocycles. The summed E-state index contributed by atoms with van der Waals surface area (Å²) in [7, 11) is -1.58. The van der Waals surface area contributed by atoms with Crippen LogP contribution < -0.4 is 5.32 Å². The standard InChI is InChI=1S/C10H23N3O2S/c1-4-5-7-12(3)16(14,15)13-8-6-11-10(2)9-13/h10-11H,4-9H2,1-3H3/t10-/m1/s1. The molecule has 0 saturated carbocycles. The highest BCUT2D eigenvalue weighted by Crippen LogP contribution is 2.10. The summed E-state index contributed by atoms with van der Waals surface area (Å²) >= 11 is 0. The Balaban J connectivity index is 2.61. The predicted molar refractivity (Wildman–Crippen MR) is 65.5 cm³/mol. The molecule has 16 heavy (non-hydrogen) atoms. The zero-order valence-electron chi connectivity index (χ0n) is 10.4. The van der Waals surface area contributed by atoms with Gasteiger partial charge in [-0.1, -0.05) is 13.3 Å². The van der Waals surface area contributed by atoms with Crippen molar-refractivity contribution in [1.82, 2.24) is 13.9 Å². The van der Waals surface area contributed by atoms with E-state index in [1.165, 1.54) is 4.31 Å². The van der Waals surface area contributed by atoms with Crippen LogP contribution in [-0.4, -0.2) is 56.3 Å². The largest absolute Gasteiger partial charge is 0.312 e. The maximum atomic E-state index is 12.2. The molecule has 0 spiro atoms. The second-order valence-corrected chi connectivity index (χ2v) is 6.43. The van der Waals surface area contributed by atoms with Gasteiger partial charge in [0.25, 0.3) is 10.2 Å². The number of nitrogens with zero attached hydrogens (tertiary/aromatic N) is 2. The average Bonchev–Trinajstić information content (AvgIpc) is 2.25. The Morgan fingerprint density at radius 3 is 2.75 bits per heavy atom. The van der Waals surface area contributed by atoms with E-state index in [2.05, 4.69) is 12.2 Å². The fourth-order valence-corrected chi connectivity index (χ4v) is 3.29. The van der Waals surface area contributed by atoms with Gasteiger partial charge in [-0.05, 0) is 13.3 Å². The molecule has 1 N–H and O–H groups in total. The van der Waals surface area contributed by atoms with Gasteiger partial charge in [-0.15, -0.1) is 0 Å². The Labute approximate surface area is 99.0 Å². The molecule has 0 bridgehead atoms. The monoisotopic (exact) mass is 249 g/mol. The Hall–Kier alpha value is -0.170. The van der Waals surface area contributed by atoms with Crippen molar-refractivity contribution in [1.29, 1.82) is 0 Å². The zero-order chi connectivity index (χ0) is 12.2. The van der Waals surface area contributed by atoms with Crippen LogP contribution in [0.1, 0.15) is 26.7 Å². The number of nitrogens with one attached hydrogen (secondary N) is 1. The van der Waals surface area contributed by atoms with Crippen LogP contribution in [0.2, 0.25) is 0 Å². The van der Waals surface area contributed by atoms with Crippen molar-refractivity contribution in [2.45, 2.75) is 32.7 Å². The Morgan fingerprint density at radius 2 is 2.19 bits per heavy atom. The minimum atomic E-state index is -3.24. The number of hydrogen-bond acceptors (Lipinski definition) is 3. The molecule has 0 aromatic rings. The maximum Gasteiger partial charge on any atom is 0.281 e. The highest BCUT2D eigenvalue weighted by atomic mass is 32.2. The first kappa shape index (κ1) is 13.9. The number of hydrogen-bond donors (Lipinski definition) is 1. The molecule has 1 heterocycles. The summed E-state index contributed by atoms with van der Waals surface area (Å²) in [5.74, 6) is 0. The van der Waals surface area contributed by atoms with E-state index in [-0.39, 0.29) is 6.04 Å². The maximum absolute atomic E-state index is 12.2. The fourth-order valence-electron chi connectivity index (χ4n) is 1.80. The zero-order valence-corrected chi connectivity index (χ0v) is 11.3. The van der Waals surface area contributed by atoms with Crippen LogP contribution in [0.3, 0.4) is 0 Å². The first-order valence-corrected chi connectivity index (χ1v) is 7.33. The first-order valence-electron chi connectivity index (χ1n) is 5.93. The van der Waals surface area contributed by atoms with Crippen LogP contribution in [-0.2, 0) is 10.2 Å². The van der Waals surface area contributed by atoms with Gasteiger partial charge in [0.05, 0.1) is 0 Å². The third-order valence-corrected chi connectivity index (χ3v) is 4.83. The molecule has 1 aliphatic rings. The molecule has 1 fully saturated rings. The van der Waals surface area contributed by atoms with Crippen LogP contribution in [0.15, 0.2) is 0 Å². The number of unbranched alkanes of at least 4 members (excludes halogenated alkanes) is 1. The van der Waals surface area contributed by atoms with Crippen LogP contribution in [0.4, 0.5) is 0 Å². The Kier molecular flexibility index (Phi) is 5.17. The van der Waals surface area contributed by atoms with Crippen molar-refractivity contribution in [2.75, 3.05) is 33.2 Å². The van der Waals surface area contributed by atoms with Gasteiger partial charge in [-0.25, -0.2) is 0 Å². The second kappa shape index (κ2) is 5.95. The third kappa shape index (κ3) is 3.41. The summed E-state index contributed by atoms with van der Waals surface area (Å²) in [4.78, 5) is 0. The van der Waals surface area contributed by atoms with Crippen molar-refractivity contribution in [3.63, 3.8) is 0 Å². The molecule has 0 aliphatic carbocycles. The number of piperazine rings is 1. The van der Waals surface area contributed by atoms with E-state index < -0.39 is 10.2 Å². The number of rotatable bonds is 5. The van der Waals surface area contributed by atoms with Gasteiger partial charge in [0.1, 0.15) is 0 Å². The quantitative estimate of drug-likeness (QED) is 0.760. The predicted octanol–water partition coefficient (Wildman–Crippen LogP) is 0.257. The van der Waals surface area contributed by atoms with Crippen molar-refractivity contribution in [3.8, 4) is 0 Å². The molecular formula is C10H23N3O2S. The van der Waals surface area contributed by atoms with Crippen molar-refractivity contribution in [2.24, 2.45) is 0 Å². The highest BCUT2D eigenvalue weighted by Gasteiger charge is 2.29. The lowest BCUT2D eigenvalue weighted by atomic mass is 10.3. The Bertz CT molecular complexity index is 305. The summed E-state index contributed by atoms with van der Waals surface area (Å²) in [5, 5.41) is 3.24. The van der Waals surface area contributed by atoms with Crippen LogP contribution in [0, 0.1) is 0 Å². The molecule has 1 atom stereocenters. The molecule has 1 rings (SSSR count). The van der Waals surface area contributed by atoms with Gasteiger partial charge in [0.2, 0.25) is 0 Å². The lowest BCUT2D eigenvalue weighted by molar-refractivity contribution is 0.288. The summed E-state index contributed by atoms with van der Waals surface area (Å²) in [5.41, 5.74) is 0. The van der Waals surface area contributed by atoms with Crippen LogP contribution in [0.25, 0.3) is 0 Å². The van der Waals surface area contributed by atoms with Gasteiger partial charge in [0.15, 0.2) is 0 Å². The van der Waals surface area contributed by atoms with E-state index in [1.807, 2.05) is 6.92 Å². The van der Waals surface area contributed by atoms with E-state index >= 15 is 0 Å². The van der Waals surface area contributed by atoms with Crippen molar-refractivity contribution in [3.05, 3.63) is 0 Å². The van der Waals surface area contributed by atoms with Gasteiger partial charge in [-0.3, -0.25) is 0 Å². The summed E-state index contributed by atoms with van der Waals surface area (Å²) in [6.07, 6.45) is 1.93. The Morgan fingerprint density at radius 1 is 1.50 bits per heavy atom. The smallest absolute Gasteiger partial charge is 0.281 e. The second-order valence-electron chi connectivity index (χ2n) is 4.40. The SMILES string of the molecule is CCCCN(C)S(=O)(=O)N1CCN[C@H](C)C1. The van der Waals surface area contributed by atoms with Crippen LogP contribution in [0.5, 0.6) is 0 Å². The first-order chi connectivity index (χ1) is 7.48. The van der Waals surface area contributed by atoms with E-state index in [1.54, 1.807) is 11.4 Å². The van der Waals surface area contributed by atoms with Crippen molar-refractivity contribution >= 4 is 10.2 Å². The summed E-state index contributed by atoms with van der Waals surface area (Å²) in [6, 6.07) is 0.239. The van der Waals surface area contributed by atoms with E-state index in [0.29, 0.717) is 19.6 Å². The van der Waals surface area contributed by atoms with E-state index in [4.69, 9.17) is 0 Å². The van der Waals surface area contributed by atoms with Gasteiger partial charge < -0.3 is 5.32 Å². The molecule has 0 radical (unpaired) electrons. The molecule has 6 heteroatoms. The van der Waals surface area contributed by atoms with Crippen LogP contribution >= 0.6 is 0 Å². The van der Waals surface area contributed by atoms with E-state index in [0.717, 1.165) is 19.4 Å². The lowest BCUT2D eigenvalue weighted by Crippen LogP contribution is -2.54. The topological polar surface area (TPSA) is 52.7 Å². The molecule has 0 unspecified atom stereocenters. The molecule has 0 aromatic carbocycles. The fraction of sp³-hybridized carbons (Fsp3) is 1.00. The average molecular weight is 249 g/mol. The molecule has 96 valence electrons. The molecule has 1 saturated heterocycles. The molecular weight excluding hydrogens is 226 g/mol. The molecule has 5 nitrogen and oxygen atoms in total. The minimum absolute atomic E-state index is 0.239. The lowest BCUT2D eigenvalue weighted by Gasteiger charge is -2.33. The van der Waals surface area contributed by atoms with E-state index in [9.17, 15) is 8.42 Å². The summed E-state index contributed by atoms with van der Waals surface area (Å²) < 4.78 is 27.4. The minimum Gasteiger partial charge on any atom is -0.312 e. The van der Waals surface area contributed by atoms with Gasteiger partial charge in [0, 0.05) is 39.3 Å². The summed E-state index contributed by atoms with van der Waals surface area (Å²) in [6.45, 7) is 6.56.